The number of aryl methyl sites for hydroxylation is 1. The van der Waals surface area contributed by atoms with Crippen molar-refractivity contribution in [3.63, 3.8) is 0 Å². The summed E-state index contributed by atoms with van der Waals surface area (Å²) in [5, 5.41) is 13.3. The first-order chi connectivity index (χ1) is 11.1. The Morgan fingerprint density at radius 3 is 2.87 bits per heavy atom. The van der Waals surface area contributed by atoms with E-state index in [2.05, 4.69) is 10.1 Å². The molecule has 1 aliphatic heterocycles. The summed E-state index contributed by atoms with van der Waals surface area (Å²) in [5.74, 6) is -1.37. The van der Waals surface area contributed by atoms with Gasteiger partial charge < -0.3 is 14.7 Å². The number of rotatable bonds is 3. The smallest absolute Gasteiger partial charge is 0.328 e. The summed E-state index contributed by atoms with van der Waals surface area (Å²) in [6.07, 6.45) is 3.01. The SMILES string of the molecule is Cc1cc(C(=O)N2CCOC[C@H]2C(=O)O)ccc1-n1cncn1. The minimum absolute atomic E-state index is 0.0110. The molecule has 0 spiro atoms. The molecule has 120 valence electrons. The second-order valence-electron chi connectivity index (χ2n) is 5.27. The summed E-state index contributed by atoms with van der Waals surface area (Å²) in [6.45, 7) is 2.48. The summed E-state index contributed by atoms with van der Waals surface area (Å²) < 4.78 is 6.77. The number of ether oxygens (including phenoxy) is 1. The number of nitrogens with zero attached hydrogens (tertiary/aromatic N) is 4. The minimum atomic E-state index is -1.06. The Kier molecular flexibility index (Phi) is 4.07. The molecule has 0 radical (unpaired) electrons. The van der Waals surface area contributed by atoms with E-state index >= 15 is 0 Å². The molecule has 0 unspecified atom stereocenters. The average molecular weight is 316 g/mol. The number of benzene rings is 1. The van der Waals surface area contributed by atoms with Crippen molar-refractivity contribution < 1.29 is 19.4 Å². The van der Waals surface area contributed by atoms with Crippen LogP contribution in [-0.4, -0.2) is 62.4 Å². The molecular formula is C15H16N4O4. The van der Waals surface area contributed by atoms with E-state index in [1.54, 1.807) is 29.2 Å². The first-order valence-electron chi connectivity index (χ1n) is 7.15. The molecule has 1 fully saturated rings. The van der Waals surface area contributed by atoms with Crippen molar-refractivity contribution in [3.8, 4) is 5.69 Å². The van der Waals surface area contributed by atoms with Gasteiger partial charge in [0.05, 0.1) is 18.9 Å². The van der Waals surface area contributed by atoms with Crippen LogP contribution in [0.1, 0.15) is 15.9 Å². The third-order valence-corrected chi connectivity index (χ3v) is 3.78. The van der Waals surface area contributed by atoms with Crippen molar-refractivity contribution in [2.75, 3.05) is 19.8 Å². The van der Waals surface area contributed by atoms with Crippen molar-refractivity contribution in [1.82, 2.24) is 19.7 Å². The molecule has 0 saturated carbocycles. The van der Waals surface area contributed by atoms with Crippen molar-refractivity contribution >= 4 is 11.9 Å². The number of carboxylic acid groups (broad SMARTS) is 1. The predicted molar refractivity (Wildman–Crippen MR) is 79.4 cm³/mol. The largest absolute Gasteiger partial charge is 0.480 e. The first kappa shape index (κ1) is 15.2. The molecule has 1 amide bonds. The maximum atomic E-state index is 12.6. The predicted octanol–water partition coefficient (Wildman–Crippen LogP) is 0.501. The van der Waals surface area contributed by atoms with Crippen LogP contribution in [0.25, 0.3) is 5.69 Å². The highest BCUT2D eigenvalue weighted by Crippen LogP contribution is 2.18. The minimum Gasteiger partial charge on any atom is -0.480 e. The first-order valence-corrected chi connectivity index (χ1v) is 7.15. The molecule has 1 N–H and O–H groups in total. The van der Waals surface area contributed by atoms with Gasteiger partial charge in [-0.2, -0.15) is 5.10 Å². The van der Waals surface area contributed by atoms with Crippen LogP contribution in [-0.2, 0) is 9.53 Å². The maximum absolute atomic E-state index is 12.6. The zero-order chi connectivity index (χ0) is 16.4. The number of amides is 1. The van der Waals surface area contributed by atoms with Crippen LogP contribution in [0.15, 0.2) is 30.9 Å². The van der Waals surface area contributed by atoms with E-state index in [1.165, 1.54) is 11.2 Å². The quantitative estimate of drug-likeness (QED) is 0.885. The molecule has 8 nitrogen and oxygen atoms in total. The Bertz CT molecular complexity index is 729. The Hall–Kier alpha value is -2.74. The topological polar surface area (TPSA) is 97.6 Å². The lowest BCUT2D eigenvalue weighted by atomic mass is 10.1. The van der Waals surface area contributed by atoms with Crippen LogP contribution in [0.3, 0.4) is 0 Å². The molecule has 23 heavy (non-hydrogen) atoms. The molecule has 0 bridgehead atoms. The van der Waals surface area contributed by atoms with Crippen molar-refractivity contribution in [3.05, 3.63) is 42.0 Å². The normalized spacial score (nSPS) is 18.0. The van der Waals surface area contributed by atoms with E-state index < -0.39 is 12.0 Å². The molecule has 0 aliphatic carbocycles. The van der Waals surface area contributed by atoms with Gasteiger partial charge in [-0.05, 0) is 30.7 Å². The molecular weight excluding hydrogens is 300 g/mol. The second kappa shape index (κ2) is 6.17. The highest BCUT2D eigenvalue weighted by Gasteiger charge is 2.33. The van der Waals surface area contributed by atoms with Crippen LogP contribution < -0.4 is 0 Å². The molecule has 1 atom stereocenters. The summed E-state index contributed by atoms with van der Waals surface area (Å²) in [4.78, 5) is 29.2. The monoisotopic (exact) mass is 316 g/mol. The van der Waals surface area contributed by atoms with E-state index in [0.717, 1.165) is 11.3 Å². The van der Waals surface area contributed by atoms with Gasteiger partial charge in [-0.3, -0.25) is 4.79 Å². The highest BCUT2D eigenvalue weighted by molar-refractivity contribution is 5.97. The Labute approximate surface area is 132 Å². The summed E-state index contributed by atoms with van der Waals surface area (Å²) >= 11 is 0. The Morgan fingerprint density at radius 1 is 1.39 bits per heavy atom. The summed E-state index contributed by atoms with van der Waals surface area (Å²) in [7, 11) is 0. The van der Waals surface area contributed by atoms with Gasteiger partial charge in [0.15, 0.2) is 6.04 Å². The number of morpholine rings is 1. The fourth-order valence-electron chi connectivity index (χ4n) is 2.60. The lowest BCUT2D eigenvalue weighted by Crippen LogP contribution is -2.52. The number of carbonyl (C=O) groups is 2. The number of carboxylic acids is 1. The lowest BCUT2D eigenvalue weighted by molar-refractivity contribution is -0.147. The van der Waals surface area contributed by atoms with Gasteiger partial charge in [0, 0.05) is 12.1 Å². The average Bonchev–Trinajstić information content (AvgIpc) is 3.08. The van der Waals surface area contributed by atoms with E-state index in [0.29, 0.717) is 12.2 Å². The summed E-state index contributed by atoms with van der Waals surface area (Å²) in [6, 6.07) is 4.22. The van der Waals surface area contributed by atoms with E-state index in [4.69, 9.17) is 4.74 Å². The van der Waals surface area contributed by atoms with Crippen molar-refractivity contribution in [2.45, 2.75) is 13.0 Å². The molecule has 8 heteroatoms. The van der Waals surface area contributed by atoms with Crippen LogP contribution in [0.4, 0.5) is 0 Å². The van der Waals surface area contributed by atoms with Gasteiger partial charge in [-0.25, -0.2) is 14.5 Å². The van der Waals surface area contributed by atoms with Gasteiger partial charge in [0.25, 0.3) is 5.91 Å². The number of aromatic nitrogens is 3. The number of hydrogen-bond acceptors (Lipinski definition) is 5. The van der Waals surface area contributed by atoms with Gasteiger partial charge in [-0.15, -0.1) is 0 Å². The fourth-order valence-corrected chi connectivity index (χ4v) is 2.60. The lowest BCUT2D eigenvalue weighted by Gasteiger charge is -2.33. The van der Waals surface area contributed by atoms with E-state index in [-0.39, 0.29) is 19.1 Å². The summed E-state index contributed by atoms with van der Waals surface area (Å²) in [5.41, 5.74) is 2.11. The molecule has 1 saturated heterocycles. The third-order valence-electron chi connectivity index (χ3n) is 3.78. The molecule has 1 aromatic carbocycles. The zero-order valence-corrected chi connectivity index (χ0v) is 12.5. The maximum Gasteiger partial charge on any atom is 0.328 e. The number of carbonyl (C=O) groups excluding carboxylic acids is 1. The van der Waals surface area contributed by atoms with Crippen LogP contribution >= 0.6 is 0 Å². The van der Waals surface area contributed by atoms with Gasteiger partial charge in [0.1, 0.15) is 12.7 Å². The van der Waals surface area contributed by atoms with Crippen LogP contribution in [0, 0.1) is 6.92 Å². The van der Waals surface area contributed by atoms with Gasteiger partial charge >= 0.3 is 5.97 Å². The molecule has 2 aromatic rings. The van der Waals surface area contributed by atoms with Gasteiger partial charge in [-0.1, -0.05) is 0 Å². The molecule has 1 aliphatic rings. The van der Waals surface area contributed by atoms with Crippen molar-refractivity contribution in [1.29, 1.82) is 0 Å². The Balaban J connectivity index is 1.87. The van der Waals surface area contributed by atoms with Crippen LogP contribution in [0.5, 0.6) is 0 Å². The number of aliphatic carboxylic acids is 1. The van der Waals surface area contributed by atoms with E-state index in [9.17, 15) is 14.7 Å². The Morgan fingerprint density at radius 2 is 2.22 bits per heavy atom. The fraction of sp³-hybridized carbons (Fsp3) is 0.333. The highest BCUT2D eigenvalue weighted by atomic mass is 16.5. The second-order valence-corrected chi connectivity index (χ2v) is 5.27. The molecule has 2 heterocycles. The number of hydrogen-bond donors (Lipinski definition) is 1. The third kappa shape index (κ3) is 2.93. The molecule has 1 aromatic heterocycles. The standard InChI is InChI=1S/C15H16N4O4/c1-10-6-11(2-3-12(10)19-9-16-8-17-19)14(20)18-4-5-23-7-13(18)15(21)22/h2-3,6,8-9,13H,4-5,7H2,1H3,(H,21,22)/t13-/m0/s1. The van der Waals surface area contributed by atoms with E-state index in [1.807, 2.05) is 6.92 Å². The van der Waals surface area contributed by atoms with Crippen molar-refractivity contribution in [2.24, 2.45) is 0 Å². The van der Waals surface area contributed by atoms with Crippen LogP contribution in [0.2, 0.25) is 0 Å². The zero-order valence-electron chi connectivity index (χ0n) is 12.5. The van der Waals surface area contributed by atoms with Gasteiger partial charge in [0.2, 0.25) is 0 Å². The molecule has 3 rings (SSSR count).